The average molecular weight is 942 g/mol. The fourth-order valence-corrected chi connectivity index (χ4v) is 8.65. The van der Waals surface area contributed by atoms with Crippen LogP contribution in [0.2, 0.25) is 0 Å². The molecule has 67 heavy (non-hydrogen) atoms. The maximum Gasteiger partial charge on any atom is 0.306 e. The summed E-state index contributed by atoms with van der Waals surface area (Å²) in [4.78, 5) is 38.2. The Hall–Kier alpha value is -2.37. The van der Waals surface area contributed by atoms with Crippen LogP contribution in [0.4, 0.5) is 0 Å². The molecule has 0 saturated heterocycles. The normalized spacial score (nSPS) is 12.2. The highest BCUT2D eigenvalue weighted by Gasteiger charge is 2.19. The molecule has 0 aromatic carbocycles. The number of unbranched alkanes of at least 4 members (excludes halogenated alkanes) is 37. The molecule has 0 bridgehead atoms. The molecule has 0 radical (unpaired) electrons. The molecule has 0 unspecified atom stereocenters. The minimum Gasteiger partial charge on any atom is -0.462 e. The van der Waals surface area contributed by atoms with E-state index < -0.39 is 6.10 Å². The maximum atomic E-state index is 12.9. The van der Waals surface area contributed by atoms with E-state index in [0.717, 1.165) is 77.0 Å². The summed E-state index contributed by atoms with van der Waals surface area (Å²) >= 11 is 0. The Morgan fingerprint density at radius 3 is 0.866 bits per heavy atom. The van der Waals surface area contributed by atoms with Gasteiger partial charge < -0.3 is 14.2 Å². The van der Waals surface area contributed by atoms with Crippen LogP contribution in [0.25, 0.3) is 0 Å². The first-order chi connectivity index (χ1) is 33.0. The number of rotatable bonds is 54. The standard InChI is InChI=1S/C61H112O6/c1-4-7-10-13-16-19-22-25-28-30-33-36-39-42-45-48-51-54-60(63)66-57-58(56-65-59(62)53-50-47-44-41-38-35-32-27-24-21-18-15-12-9-6-3)67-61(64)55-52-49-46-43-40-37-34-31-29-26-23-20-17-14-11-8-5-2/h17,20,26-27,29,32,58H,4-16,18-19,21-25,28,30-31,33-57H2,1-3H3/b20-17-,29-26-,32-27-/t58-/m1/s1. The van der Waals surface area contributed by atoms with E-state index in [0.29, 0.717) is 19.3 Å². The van der Waals surface area contributed by atoms with Gasteiger partial charge in [-0.05, 0) is 77.0 Å². The highest BCUT2D eigenvalue weighted by Crippen LogP contribution is 2.16. The number of ether oxygens (including phenoxy) is 3. The lowest BCUT2D eigenvalue weighted by Gasteiger charge is -2.18. The van der Waals surface area contributed by atoms with E-state index in [1.807, 2.05) is 0 Å². The van der Waals surface area contributed by atoms with Crippen LogP contribution in [-0.4, -0.2) is 37.2 Å². The first-order valence-electron chi connectivity index (χ1n) is 29.5. The van der Waals surface area contributed by atoms with Gasteiger partial charge in [0, 0.05) is 19.3 Å². The van der Waals surface area contributed by atoms with E-state index in [1.165, 1.54) is 199 Å². The van der Waals surface area contributed by atoms with Crippen molar-refractivity contribution in [3.63, 3.8) is 0 Å². The molecular weight excluding hydrogens is 829 g/mol. The Kier molecular flexibility index (Phi) is 54.2. The summed E-state index contributed by atoms with van der Waals surface area (Å²) in [6.07, 6.45) is 67.0. The fourth-order valence-electron chi connectivity index (χ4n) is 8.65. The predicted octanol–water partition coefficient (Wildman–Crippen LogP) is 19.7. The average Bonchev–Trinajstić information content (AvgIpc) is 3.33. The SMILES string of the molecule is CCCCC/C=C\C/C=C\CCCCCCCCCC(=O)O[C@H](COC(=O)CCCCCCC/C=C\CCCCCCCC)COC(=O)CCCCCCCCCCCCCCCCCCC. The van der Waals surface area contributed by atoms with Gasteiger partial charge in [0.1, 0.15) is 13.2 Å². The van der Waals surface area contributed by atoms with Crippen LogP contribution in [0.5, 0.6) is 0 Å². The van der Waals surface area contributed by atoms with Gasteiger partial charge in [0.05, 0.1) is 0 Å². The molecule has 0 aromatic rings. The topological polar surface area (TPSA) is 78.9 Å². The van der Waals surface area contributed by atoms with Gasteiger partial charge >= 0.3 is 17.9 Å². The third-order valence-electron chi connectivity index (χ3n) is 13.1. The van der Waals surface area contributed by atoms with E-state index >= 15 is 0 Å². The van der Waals surface area contributed by atoms with Crippen molar-refractivity contribution in [2.45, 2.75) is 322 Å². The summed E-state index contributed by atoms with van der Waals surface area (Å²) < 4.78 is 16.9. The molecule has 0 saturated carbocycles. The Morgan fingerprint density at radius 1 is 0.299 bits per heavy atom. The predicted molar refractivity (Wildman–Crippen MR) is 289 cm³/mol. The van der Waals surface area contributed by atoms with E-state index in [2.05, 4.69) is 57.2 Å². The number of esters is 3. The van der Waals surface area contributed by atoms with E-state index in [4.69, 9.17) is 14.2 Å². The fraction of sp³-hybridized carbons (Fsp3) is 0.852. The van der Waals surface area contributed by atoms with E-state index in [1.54, 1.807) is 0 Å². The lowest BCUT2D eigenvalue weighted by atomic mass is 10.0. The summed E-state index contributed by atoms with van der Waals surface area (Å²) in [5, 5.41) is 0. The zero-order valence-corrected chi connectivity index (χ0v) is 44.9. The largest absolute Gasteiger partial charge is 0.462 e. The van der Waals surface area contributed by atoms with Crippen molar-refractivity contribution >= 4 is 17.9 Å². The molecule has 0 heterocycles. The number of allylic oxidation sites excluding steroid dienone is 6. The quantitative estimate of drug-likeness (QED) is 0.0262. The maximum absolute atomic E-state index is 12.9. The van der Waals surface area contributed by atoms with Gasteiger partial charge in [-0.3, -0.25) is 14.4 Å². The lowest BCUT2D eigenvalue weighted by molar-refractivity contribution is -0.167. The summed E-state index contributed by atoms with van der Waals surface area (Å²) in [6, 6.07) is 0. The number of carbonyl (C=O) groups excluding carboxylic acids is 3. The van der Waals surface area contributed by atoms with Crippen molar-refractivity contribution in [1.82, 2.24) is 0 Å². The summed E-state index contributed by atoms with van der Waals surface area (Å²) in [6.45, 7) is 6.64. The first-order valence-corrected chi connectivity index (χ1v) is 29.5. The van der Waals surface area contributed by atoms with Gasteiger partial charge in [0.2, 0.25) is 0 Å². The summed E-state index contributed by atoms with van der Waals surface area (Å²) in [5.74, 6) is -0.872. The van der Waals surface area contributed by atoms with Gasteiger partial charge in [-0.15, -0.1) is 0 Å². The van der Waals surface area contributed by atoms with Crippen molar-refractivity contribution < 1.29 is 28.6 Å². The molecule has 392 valence electrons. The molecule has 0 aliphatic rings. The second kappa shape index (κ2) is 56.2. The monoisotopic (exact) mass is 941 g/mol. The van der Waals surface area contributed by atoms with Crippen LogP contribution >= 0.6 is 0 Å². The third kappa shape index (κ3) is 54.4. The molecule has 6 heteroatoms. The molecule has 0 aliphatic carbocycles. The molecule has 6 nitrogen and oxygen atoms in total. The van der Waals surface area contributed by atoms with Crippen LogP contribution in [0.1, 0.15) is 316 Å². The van der Waals surface area contributed by atoms with E-state index in [-0.39, 0.29) is 31.1 Å². The molecule has 0 aliphatic heterocycles. The molecule has 0 fully saturated rings. The smallest absolute Gasteiger partial charge is 0.306 e. The van der Waals surface area contributed by atoms with Crippen molar-refractivity contribution in [2.24, 2.45) is 0 Å². The van der Waals surface area contributed by atoms with Crippen molar-refractivity contribution in [3.8, 4) is 0 Å². The minimum absolute atomic E-state index is 0.0743. The van der Waals surface area contributed by atoms with E-state index in [9.17, 15) is 14.4 Å². The molecular formula is C61H112O6. The molecule has 0 rings (SSSR count). The Bertz CT molecular complexity index is 1130. The second-order valence-corrected chi connectivity index (χ2v) is 19.9. The highest BCUT2D eigenvalue weighted by molar-refractivity contribution is 5.71. The van der Waals surface area contributed by atoms with Gasteiger partial charge in [0.25, 0.3) is 0 Å². The zero-order chi connectivity index (χ0) is 48.6. The molecule has 0 N–H and O–H groups in total. The van der Waals surface area contributed by atoms with Crippen LogP contribution in [-0.2, 0) is 28.6 Å². The van der Waals surface area contributed by atoms with Gasteiger partial charge in [-0.2, -0.15) is 0 Å². The van der Waals surface area contributed by atoms with Crippen LogP contribution < -0.4 is 0 Å². The van der Waals surface area contributed by atoms with Gasteiger partial charge in [-0.1, -0.05) is 256 Å². The van der Waals surface area contributed by atoms with Crippen LogP contribution in [0.3, 0.4) is 0 Å². The van der Waals surface area contributed by atoms with Crippen molar-refractivity contribution in [1.29, 1.82) is 0 Å². The number of hydrogen-bond donors (Lipinski definition) is 0. The summed E-state index contributed by atoms with van der Waals surface area (Å²) in [5.41, 5.74) is 0. The number of carbonyl (C=O) groups is 3. The summed E-state index contributed by atoms with van der Waals surface area (Å²) in [7, 11) is 0. The van der Waals surface area contributed by atoms with Gasteiger partial charge in [0.15, 0.2) is 6.10 Å². The second-order valence-electron chi connectivity index (χ2n) is 19.9. The van der Waals surface area contributed by atoms with Crippen LogP contribution in [0, 0.1) is 0 Å². The van der Waals surface area contributed by atoms with Crippen molar-refractivity contribution in [2.75, 3.05) is 13.2 Å². The Labute approximate surface area is 416 Å². The van der Waals surface area contributed by atoms with Crippen LogP contribution in [0.15, 0.2) is 36.5 Å². The Morgan fingerprint density at radius 2 is 0.537 bits per heavy atom. The third-order valence-corrected chi connectivity index (χ3v) is 13.1. The lowest BCUT2D eigenvalue weighted by Crippen LogP contribution is -2.30. The molecule has 0 aromatic heterocycles. The Balaban J connectivity index is 4.36. The van der Waals surface area contributed by atoms with Gasteiger partial charge in [-0.25, -0.2) is 0 Å². The number of hydrogen-bond acceptors (Lipinski definition) is 6. The molecule has 0 amide bonds. The molecule has 1 atom stereocenters. The zero-order valence-electron chi connectivity index (χ0n) is 44.9. The highest BCUT2D eigenvalue weighted by atomic mass is 16.6. The minimum atomic E-state index is -0.777. The first kappa shape index (κ1) is 64.6. The van der Waals surface area contributed by atoms with Crippen molar-refractivity contribution in [3.05, 3.63) is 36.5 Å². The molecule has 0 spiro atoms.